The van der Waals surface area contributed by atoms with Crippen molar-refractivity contribution in [2.24, 2.45) is 23.1 Å². The quantitative estimate of drug-likeness (QED) is 0.107. The zero-order valence-electron chi connectivity index (χ0n) is 22.5. The molecule has 1 aromatic carbocycles. The number of carboxylic acid groups (broad SMARTS) is 1. The standard InChI is InChI=1S/C26H42N6O7/c1-3-15(2)22(26(38)39)32-25(37)20(14-16-7-9-17(33)10-8-16)31-24(36)19(11-12-21(29)34)30-23(35)18(28)6-4-5-13-27/h7-10,15,18-20,22,33H,3-6,11-14,27-28H2,1-2H3,(H2,29,34)(H,30,35)(H,31,36)(H,32,37)(H,38,39). The van der Waals surface area contributed by atoms with Gasteiger partial charge in [0.2, 0.25) is 23.6 Å². The maximum Gasteiger partial charge on any atom is 0.326 e. The van der Waals surface area contributed by atoms with E-state index in [4.69, 9.17) is 17.2 Å². The molecule has 5 atom stereocenters. The molecule has 13 heteroatoms. The van der Waals surface area contributed by atoms with Crippen LogP contribution >= 0.6 is 0 Å². The van der Waals surface area contributed by atoms with Crippen LogP contribution in [-0.4, -0.2) is 70.5 Å². The molecule has 0 aromatic heterocycles. The summed E-state index contributed by atoms with van der Waals surface area (Å²) in [5.41, 5.74) is 17.2. The van der Waals surface area contributed by atoms with Crippen molar-refractivity contribution in [3.05, 3.63) is 29.8 Å². The number of carbonyl (C=O) groups is 5. The lowest BCUT2D eigenvalue weighted by Gasteiger charge is -2.26. The first kappa shape index (κ1) is 33.3. The number of phenols is 1. The number of nitrogens with two attached hydrogens (primary N) is 3. The smallest absolute Gasteiger partial charge is 0.326 e. The monoisotopic (exact) mass is 550 g/mol. The van der Waals surface area contributed by atoms with Crippen LogP contribution in [0.4, 0.5) is 0 Å². The maximum atomic E-state index is 13.3. The number of carbonyl (C=O) groups excluding carboxylic acids is 4. The van der Waals surface area contributed by atoms with Crippen LogP contribution in [0.5, 0.6) is 5.75 Å². The molecule has 0 radical (unpaired) electrons. The molecule has 0 spiro atoms. The third-order valence-electron chi connectivity index (χ3n) is 6.40. The van der Waals surface area contributed by atoms with Crippen LogP contribution in [0.25, 0.3) is 0 Å². The molecule has 0 saturated carbocycles. The predicted molar refractivity (Wildman–Crippen MR) is 144 cm³/mol. The van der Waals surface area contributed by atoms with Gasteiger partial charge in [-0.25, -0.2) is 4.79 Å². The topological polar surface area (TPSA) is 240 Å². The fourth-order valence-electron chi connectivity index (χ4n) is 3.76. The second-order valence-corrected chi connectivity index (χ2v) is 9.60. The Morgan fingerprint density at radius 3 is 2.03 bits per heavy atom. The van der Waals surface area contributed by atoms with Crippen molar-refractivity contribution < 1.29 is 34.2 Å². The van der Waals surface area contributed by atoms with Gasteiger partial charge in [-0.15, -0.1) is 0 Å². The molecule has 218 valence electrons. The summed E-state index contributed by atoms with van der Waals surface area (Å²) < 4.78 is 0. The largest absolute Gasteiger partial charge is 0.508 e. The fourth-order valence-corrected chi connectivity index (χ4v) is 3.76. The van der Waals surface area contributed by atoms with Crippen LogP contribution in [0.1, 0.15) is 57.9 Å². The van der Waals surface area contributed by atoms with Crippen LogP contribution in [0, 0.1) is 5.92 Å². The molecule has 11 N–H and O–H groups in total. The van der Waals surface area contributed by atoms with Gasteiger partial charge in [0.15, 0.2) is 0 Å². The summed E-state index contributed by atoms with van der Waals surface area (Å²) >= 11 is 0. The zero-order chi connectivity index (χ0) is 29.5. The second kappa shape index (κ2) is 17.0. The number of aliphatic carboxylic acids is 1. The van der Waals surface area contributed by atoms with Crippen LogP contribution in [0.3, 0.4) is 0 Å². The minimum absolute atomic E-state index is 0.00327. The molecule has 0 bridgehead atoms. The number of phenolic OH excluding ortho intramolecular Hbond substituents is 1. The summed E-state index contributed by atoms with van der Waals surface area (Å²) in [7, 11) is 0. The number of nitrogens with one attached hydrogen (secondary N) is 3. The first-order valence-electron chi connectivity index (χ1n) is 13.0. The molecule has 0 heterocycles. The van der Waals surface area contributed by atoms with Crippen LogP contribution in [0.2, 0.25) is 0 Å². The van der Waals surface area contributed by atoms with Crippen molar-refractivity contribution in [2.75, 3.05) is 6.54 Å². The number of rotatable bonds is 18. The number of amides is 4. The van der Waals surface area contributed by atoms with Gasteiger partial charge in [0.05, 0.1) is 6.04 Å². The van der Waals surface area contributed by atoms with E-state index >= 15 is 0 Å². The van der Waals surface area contributed by atoms with Crippen molar-refractivity contribution in [3.8, 4) is 5.75 Å². The van der Waals surface area contributed by atoms with Crippen molar-refractivity contribution in [1.82, 2.24) is 16.0 Å². The third-order valence-corrected chi connectivity index (χ3v) is 6.40. The molecule has 0 aliphatic rings. The summed E-state index contributed by atoms with van der Waals surface area (Å²) in [5, 5.41) is 26.8. The molecule has 0 saturated heterocycles. The van der Waals surface area contributed by atoms with Crippen molar-refractivity contribution in [1.29, 1.82) is 0 Å². The number of carboxylic acids is 1. The van der Waals surface area contributed by atoms with Crippen molar-refractivity contribution in [2.45, 2.75) is 83.0 Å². The highest BCUT2D eigenvalue weighted by molar-refractivity contribution is 5.94. The van der Waals surface area contributed by atoms with Crippen LogP contribution < -0.4 is 33.2 Å². The molecular formula is C26H42N6O7. The fraction of sp³-hybridized carbons (Fsp3) is 0.577. The van der Waals surface area contributed by atoms with Gasteiger partial charge in [-0.3, -0.25) is 19.2 Å². The minimum atomic E-state index is -1.24. The number of aromatic hydroxyl groups is 1. The Balaban J connectivity index is 3.16. The van der Waals surface area contributed by atoms with E-state index < -0.39 is 53.8 Å². The van der Waals surface area contributed by atoms with E-state index in [2.05, 4.69) is 16.0 Å². The van der Waals surface area contributed by atoms with Crippen molar-refractivity contribution >= 4 is 29.6 Å². The lowest BCUT2D eigenvalue weighted by Crippen LogP contribution is -2.58. The van der Waals surface area contributed by atoms with Gasteiger partial charge in [0.1, 0.15) is 23.9 Å². The molecular weight excluding hydrogens is 508 g/mol. The van der Waals surface area contributed by atoms with Crippen LogP contribution in [0.15, 0.2) is 24.3 Å². The third kappa shape index (κ3) is 12.1. The molecule has 13 nitrogen and oxygen atoms in total. The molecule has 39 heavy (non-hydrogen) atoms. The summed E-state index contributed by atoms with van der Waals surface area (Å²) in [6.07, 6.45) is 1.71. The lowest BCUT2D eigenvalue weighted by molar-refractivity contribution is -0.143. The number of unbranched alkanes of at least 4 members (excludes halogenated alkanes) is 1. The van der Waals surface area contributed by atoms with Crippen molar-refractivity contribution in [3.63, 3.8) is 0 Å². The van der Waals surface area contributed by atoms with Gasteiger partial charge in [0, 0.05) is 12.8 Å². The molecule has 0 fully saturated rings. The van der Waals surface area contributed by atoms with E-state index in [-0.39, 0.29) is 30.9 Å². The van der Waals surface area contributed by atoms with E-state index in [1.807, 2.05) is 0 Å². The number of benzene rings is 1. The second-order valence-electron chi connectivity index (χ2n) is 9.60. The molecule has 1 rings (SSSR count). The average molecular weight is 551 g/mol. The average Bonchev–Trinajstić information content (AvgIpc) is 2.89. The highest BCUT2D eigenvalue weighted by atomic mass is 16.4. The first-order valence-corrected chi connectivity index (χ1v) is 13.0. The van der Waals surface area contributed by atoms with E-state index in [9.17, 15) is 34.2 Å². The Labute approximate surface area is 228 Å². The first-order chi connectivity index (χ1) is 18.4. The Bertz CT molecular complexity index is 972. The highest BCUT2D eigenvalue weighted by Crippen LogP contribution is 2.13. The SMILES string of the molecule is CCC(C)C(NC(=O)C(Cc1ccc(O)cc1)NC(=O)C(CCC(N)=O)NC(=O)C(N)CCCCN)C(=O)O. The van der Waals surface area contributed by atoms with E-state index in [1.54, 1.807) is 26.0 Å². The maximum absolute atomic E-state index is 13.3. The Morgan fingerprint density at radius 2 is 1.49 bits per heavy atom. The van der Waals surface area contributed by atoms with E-state index in [0.717, 1.165) is 0 Å². The number of hydrogen-bond donors (Lipinski definition) is 8. The summed E-state index contributed by atoms with van der Waals surface area (Å²) in [4.78, 5) is 62.3. The summed E-state index contributed by atoms with van der Waals surface area (Å²) in [6, 6.07) is 1.35. The van der Waals surface area contributed by atoms with Gasteiger partial charge in [-0.05, 0) is 49.4 Å². The van der Waals surface area contributed by atoms with Gasteiger partial charge in [-0.1, -0.05) is 38.8 Å². The summed E-state index contributed by atoms with van der Waals surface area (Å²) in [6.45, 7) is 3.91. The molecule has 4 amide bonds. The Hall–Kier alpha value is -3.71. The Kier molecular flexibility index (Phi) is 14.5. The molecule has 0 aliphatic carbocycles. The summed E-state index contributed by atoms with van der Waals surface area (Å²) in [5.74, 6) is -4.42. The van der Waals surface area contributed by atoms with Gasteiger partial charge in [0.25, 0.3) is 0 Å². The van der Waals surface area contributed by atoms with Crippen LogP contribution in [-0.2, 0) is 30.4 Å². The normalized spacial score (nSPS) is 14.8. The van der Waals surface area contributed by atoms with E-state index in [0.29, 0.717) is 37.8 Å². The number of primary amides is 1. The molecule has 1 aromatic rings. The van der Waals surface area contributed by atoms with E-state index in [1.165, 1.54) is 12.1 Å². The van der Waals surface area contributed by atoms with Gasteiger partial charge >= 0.3 is 5.97 Å². The van der Waals surface area contributed by atoms with Gasteiger partial charge < -0.3 is 43.4 Å². The highest BCUT2D eigenvalue weighted by Gasteiger charge is 2.32. The predicted octanol–water partition coefficient (Wildman–Crippen LogP) is -0.758. The molecule has 0 aliphatic heterocycles. The minimum Gasteiger partial charge on any atom is -0.508 e. The number of hydrogen-bond acceptors (Lipinski definition) is 8. The molecule has 5 unspecified atom stereocenters. The van der Waals surface area contributed by atoms with Gasteiger partial charge in [-0.2, -0.15) is 0 Å². The zero-order valence-corrected chi connectivity index (χ0v) is 22.5. The lowest BCUT2D eigenvalue weighted by atomic mass is 9.98. The Morgan fingerprint density at radius 1 is 0.897 bits per heavy atom.